The number of ether oxygens (including phenoxy) is 1. The van der Waals surface area contributed by atoms with Gasteiger partial charge in [-0.15, -0.1) is 0 Å². The molecule has 0 fully saturated rings. The minimum atomic E-state index is -0.376. The second-order valence-corrected chi connectivity index (χ2v) is 5.71. The number of para-hydroxylation sites is 2. The van der Waals surface area contributed by atoms with Crippen LogP contribution in [0.2, 0.25) is 5.02 Å². The first-order chi connectivity index (χ1) is 12.1. The molecule has 25 heavy (non-hydrogen) atoms. The summed E-state index contributed by atoms with van der Waals surface area (Å²) in [6.07, 6.45) is 3.02. The Bertz CT molecular complexity index is 943. The van der Waals surface area contributed by atoms with Crippen LogP contribution >= 0.6 is 11.6 Å². The number of benzene rings is 2. The topological polar surface area (TPSA) is 76.5 Å². The third kappa shape index (κ3) is 4.51. The van der Waals surface area contributed by atoms with Crippen molar-refractivity contribution in [3.05, 3.63) is 64.9 Å². The maximum Gasteiger partial charge on any atom is 0.277 e. The van der Waals surface area contributed by atoms with Crippen molar-refractivity contribution in [2.45, 2.75) is 6.92 Å². The molecular formula is C18H15ClN4O2. The smallest absolute Gasteiger partial charge is 0.277 e. The van der Waals surface area contributed by atoms with E-state index in [1.165, 1.54) is 6.21 Å². The molecule has 0 atom stereocenters. The summed E-state index contributed by atoms with van der Waals surface area (Å²) in [6, 6.07) is 12.7. The summed E-state index contributed by atoms with van der Waals surface area (Å²) < 4.78 is 5.44. The Balaban J connectivity index is 1.54. The molecule has 7 heteroatoms. The number of hydrazone groups is 1. The van der Waals surface area contributed by atoms with E-state index in [0.717, 1.165) is 16.6 Å². The van der Waals surface area contributed by atoms with E-state index < -0.39 is 0 Å². The second-order valence-electron chi connectivity index (χ2n) is 5.28. The van der Waals surface area contributed by atoms with Gasteiger partial charge in [-0.1, -0.05) is 23.7 Å². The Morgan fingerprint density at radius 1 is 1.28 bits per heavy atom. The number of fused-ring (bicyclic) bond motifs is 1. The molecule has 1 aromatic heterocycles. The van der Waals surface area contributed by atoms with Gasteiger partial charge in [0.2, 0.25) is 0 Å². The number of carbonyl (C=O) groups excluding carboxylic acids is 1. The summed E-state index contributed by atoms with van der Waals surface area (Å²) in [5.41, 5.74) is 5.36. The van der Waals surface area contributed by atoms with Gasteiger partial charge in [-0.25, -0.2) is 10.4 Å². The predicted molar refractivity (Wildman–Crippen MR) is 97.0 cm³/mol. The monoisotopic (exact) mass is 354 g/mol. The van der Waals surface area contributed by atoms with E-state index in [4.69, 9.17) is 16.3 Å². The molecule has 3 aromatic rings. The first-order valence-corrected chi connectivity index (χ1v) is 7.92. The quantitative estimate of drug-likeness (QED) is 0.564. The number of nitrogens with one attached hydrogen (secondary N) is 1. The minimum Gasteiger partial charge on any atom is -0.483 e. The van der Waals surface area contributed by atoms with Crippen molar-refractivity contribution in [1.29, 1.82) is 0 Å². The Morgan fingerprint density at radius 3 is 2.88 bits per heavy atom. The first kappa shape index (κ1) is 16.9. The number of nitrogens with zero attached hydrogens (tertiary/aromatic N) is 3. The summed E-state index contributed by atoms with van der Waals surface area (Å²) in [5, 5.41) is 4.49. The lowest BCUT2D eigenvalue weighted by molar-refractivity contribution is -0.123. The molecule has 6 nitrogen and oxygen atoms in total. The molecule has 0 saturated carbocycles. The number of rotatable bonds is 5. The number of aromatic nitrogens is 2. The molecule has 0 saturated heterocycles. The summed E-state index contributed by atoms with van der Waals surface area (Å²) in [4.78, 5) is 20.4. The molecule has 0 spiro atoms. The molecule has 0 aliphatic heterocycles. The van der Waals surface area contributed by atoms with Crippen molar-refractivity contribution in [2.24, 2.45) is 5.10 Å². The van der Waals surface area contributed by atoms with Crippen LogP contribution in [0.4, 0.5) is 0 Å². The van der Waals surface area contributed by atoms with E-state index in [1.54, 1.807) is 24.4 Å². The Kier molecular flexibility index (Phi) is 5.20. The number of amides is 1. The second kappa shape index (κ2) is 7.72. The third-order valence-corrected chi connectivity index (χ3v) is 3.58. The van der Waals surface area contributed by atoms with Crippen LogP contribution in [0.15, 0.2) is 53.8 Å². The zero-order valence-electron chi connectivity index (χ0n) is 13.4. The standard InChI is InChI=1S/C18H15ClN4O2/c1-12-8-13(19)6-7-17(12)25-11-18(24)23-21-10-14-9-20-15-4-2-3-5-16(15)22-14/h2-10H,11H2,1H3,(H,23,24)/b21-10-. The number of hydrogen-bond acceptors (Lipinski definition) is 5. The van der Waals surface area contributed by atoms with Crippen LogP contribution in [0, 0.1) is 6.92 Å². The van der Waals surface area contributed by atoms with Crippen LogP contribution in [0.25, 0.3) is 11.0 Å². The summed E-state index contributed by atoms with van der Waals surface area (Å²) in [7, 11) is 0. The molecule has 0 unspecified atom stereocenters. The van der Waals surface area contributed by atoms with Crippen molar-refractivity contribution in [3.63, 3.8) is 0 Å². The molecule has 2 aromatic carbocycles. The molecule has 1 N–H and O–H groups in total. The summed E-state index contributed by atoms with van der Waals surface area (Å²) >= 11 is 5.88. The lowest BCUT2D eigenvalue weighted by atomic mass is 10.2. The fraction of sp³-hybridized carbons (Fsp3) is 0.111. The fourth-order valence-corrected chi connectivity index (χ4v) is 2.38. The van der Waals surface area contributed by atoms with Gasteiger partial charge in [0.25, 0.3) is 5.91 Å². The molecule has 0 radical (unpaired) electrons. The van der Waals surface area contributed by atoms with Gasteiger partial charge in [-0.05, 0) is 42.8 Å². The average molecular weight is 355 g/mol. The fourth-order valence-electron chi connectivity index (χ4n) is 2.15. The molecule has 0 bridgehead atoms. The highest BCUT2D eigenvalue weighted by Crippen LogP contribution is 2.21. The van der Waals surface area contributed by atoms with Gasteiger partial charge in [0, 0.05) is 5.02 Å². The van der Waals surface area contributed by atoms with Gasteiger partial charge < -0.3 is 4.74 Å². The van der Waals surface area contributed by atoms with E-state index in [2.05, 4.69) is 20.5 Å². The van der Waals surface area contributed by atoms with Crippen LogP contribution in [0.5, 0.6) is 5.75 Å². The Morgan fingerprint density at radius 2 is 2.08 bits per heavy atom. The largest absolute Gasteiger partial charge is 0.483 e. The number of carbonyl (C=O) groups is 1. The van der Waals surface area contributed by atoms with E-state index in [1.807, 2.05) is 31.2 Å². The maximum atomic E-state index is 11.8. The normalized spacial score (nSPS) is 11.0. The first-order valence-electron chi connectivity index (χ1n) is 7.54. The number of halogens is 1. The van der Waals surface area contributed by atoms with Crippen molar-refractivity contribution < 1.29 is 9.53 Å². The molecule has 3 rings (SSSR count). The molecule has 0 aliphatic carbocycles. The highest BCUT2D eigenvalue weighted by atomic mass is 35.5. The van der Waals surface area contributed by atoms with Crippen molar-refractivity contribution in [1.82, 2.24) is 15.4 Å². The molecule has 126 valence electrons. The average Bonchev–Trinajstić information content (AvgIpc) is 2.61. The molecule has 1 heterocycles. The zero-order valence-corrected chi connectivity index (χ0v) is 14.2. The van der Waals surface area contributed by atoms with Crippen LogP contribution in [-0.2, 0) is 4.79 Å². The lowest BCUT2D eigenvalue weighted by Gasteiger charge is -2.08. The van der Waals surface area contributed by atoms with E-state index in [9.17, 15) is 4.79 Å². The number of aryl methyl sites for hydroxylation is 1. The number of hydrogen-bond donors (Lipinski definition) is 1. The van der Waals surface area contributed by atoms with E-state index in [0.29, 0.717) is 16.5 Å². The van der Waals surface area contributed by atoms with E-state index >= 15 is 0 Å². The predicted octanol–water partition coefficient (Wildman–Crippen LogP) is 3.12. The Labute approximate surface area is 149 Å². The van der Waals surface area contributed by atoms with Crippen molar-refractivity contribution in [2.75, 3.05) is 6.61 Å². The SMILES string of the molecule is Cc1cc(Cl)ccc1OCC(=O)N/N=C\c1cnc2ccccc2n1. The third-order valence-electron chi connectivity index (χ3n) is 3.35. The Hall–Kier alpha value is -2.99. The van der Waals surface area contributed by atoms with Gasteiger partial charge in [-0.2, -0.15) is 5.10 Å². The highest BCUT2D eigenvalue weighted by molar-refractivity contribution is 6.30. The summed E-state index contributed by atoms with van der Waals surface area (Å²) in [6.45, 7) is 1.71. The maximum absolute atomic E-state index is 11.8. The van der Waals surface area contributed by atoms with Crippen molar-refractivity contribution >= 4 is 34.8 Å². The van der Waals surface area contributed by atoms with Crippen LogP contribution in [0.1, 0.15) is 11.3 Å². The molecule has 0 aliphatic rings. The van der Waals surface area contributed by atoms with Crippen LogP contribution in [-0.4, -0.2) is 28.7 Å². The van der Waals surface area contributed by atoms with Gasteiger partial charge >= 0.3 is 0 Å². The van der Waals surface area contributed by atoms with Gasteiger partial charge in [0.05, 0.1) is 23.4 Å². The van der Waals surface area contributed by atoms with Crippen LogP contribution in [0.3, 0.4) is 0 Å². The van der Waals surface area contributed by atoms with Gasteiger partial charge in [0.1, 0.15) is 11.4 Å². The van der Waals surface area contributed by atoms with E-state index in [-0.39, 0.29) is 12.5 Å². The molecule has 1 amide bonds. The zero-order chi connectivity index (χ0) is 17.6. The van der Waals surface area contributed by atoms with Crippen LogP contribution < -0.4 is 10.2 Å². The van der Waals surface area contributed by atoms with Gasteiger partial charge in [-0.3, -0.25) is 9.78 Å². The minimum absolute atomic E-state index is 0.150. The summed E-state index contributed by atoms with van der Waals surface area (Å²) in [5.74, 6) is 0.225. The highest BCUT2D eigenvalue weighted by Gasteiger charge is 2.04. The van der Waals surface area contributed by atoms with Crippen molar-refractivity contribution in [3.8, 4) is 5.75 Å². The molecular weight excluding hydrogens is 340 g/mol. The van der Waals surface area contributed by atoms with Gasteiger partial charge in [0.15, 0.2) is 6.61 Å². The lowest BCUT2D eigenvalue weighted by Crippen LogP contribution is -2.24.